The highest BCUT2D eigenvalue weighted by Gasteiger charge is 2.79. The zero-order valence-electron chi connectivity index (χ0n) is 39.4. The molecule has 4 nitrogen and oxygen atoms in total. The molecular weight excluding hydrogens is 927 g/mol. The van der Waals surface area contributed by atoms with Crippen LogP contribution in [0, 0.1) is 0 Å². The van der Waals surface area contributed by atoms with Crippen molar-refractivity contribution in [1.29, 1.82) is 0 Å². The molecule has 1 N–H and O–H groups in total. The number of benzene rings is 19. The van der Waals surface area contributed by atoms with Gasteiger partial charge < -0.3 is 9.47 Å². The van der Waals surface area contributed by atoms with Gasteiger partial charge in [0.2, 0.25) is 0 Å². The molecule has 4 aliphatic carbocycles. The van der Waals surface area contributed by atoms with Gasteiger partial charge in [0.05, 0.1) is 24.5 Å². The first-order chi connectivity index (χ1) is 37.7. The van der Waals surface area contributed by atoms with E-state index in [-0.39, 0.29) is 12.0 Å². The molecule has 5 aliphatic rings. The maximum absolute atomic E-state index is 16.4. The summed E-state index contributed by atoms with van der Waals surface area (Å²) >= 11 is 0. The molecule has 1 heterocycles. The third-order valence-corrected chi connectivity index (χ3v) is 26.6. The lowest BCUT2D eigenvalue weighted by Gasteiger charge is -2.53. The minimum Gasteiger partial charge on any atom is -0.497 e. The summed E-state index contributed by atoms with van der Waals surface area (Å²) in [6.07, 6.45) is 0. The Hall–Kier alpha value is -9.09. The molecule has 2 spiro atoms. The van der Waals surface area contributed by atoms with Crippen molar-refractivity contribution in [3.8, 4) is 5.75 Å². The highest BCUT2D eigenvalue weighted by Crippen LogP contribution is 2.87. The third kappa shape index (κ3) is 1.63. The van der Waals surface area contributed by atoms with Gasteiger partial charge in [0, 0.05) is 6.04 Å². The number of esters is 1. The standard InChI is InChI=1S/C72H15NO3/c1-3-76-70(74)69-72-66-60-50-40-30-22-14-11-10-12-16-18(14)26-32-24(16)34-28-20(12)21-13(10)17-19-15(11)23(22)31-37-27(19)33-25(17)35-29(21)39-38(28)48-42(34)52-46(32)54(44(50)36(26)30)62(66)58(52)64-56(48)57-49(39)43(35)53-47(33)55-45(37)51(41(31)40)61(60)67(72)63(55)59(53)65(57)71(64,72)68(73-69)8-4-6-9(75-2)7-5-8/h4-7,68-69,73H,3H2,1-2H3/t68-,69+,71?,72?/m0/s1. The number of methoxy groups -OCH3 is 1. The predicted octanol–water partition coefficient (Wildman–Crippen LogP) is 17.6. The maximum atomic E-state index is 16.4. The van der Waals surface area contributed by atoms with Crippen molar-refractivity contribution in [1.82, 2.24) is 5.32 Å². The van der Waals surface area contributed by atoms with Crippen LogP contribution in [0.25, 0.3) is 291 Å². The Labute approximate surface area is 415 Å². The Kier molecular flexibility index (Phi) is 2.72. The molecule has 0 saturated carbocycles. The van der Waals surface area contributed by atoms with Crippen molar-refractivity contribution in [2.24, 2.45) is 0 Å². The first-order valence-corrected chi connectivity index (χ1v) is 28.1. The zero-order valence-corrected chi connectivity index (χ0v) is 39.4. The van der Waals surface area contributed by atoms with Crippen LogP contribution in [0.5, 0.6) is 5.75 Å². The van der Waals surface area contributed by atoms with E-state index in [1.807, 2.05) is 6.92 Å². The Balaban J connectivity index is 1.12. The van der Waals surface area contributed by atoms with Gasteiger partial charge in [0.25, 0.3) is 0 Å². The summed E-state index contributed by atoms with van der Waals surface area (Å²) in [6.45, 7) is 2.36. The van der Waals surface area contributed by atoms with Crippen LogP contribution in [-0.2, 0) is 20.4 Å². The van der Waals surface area contributed by atoms with Gasteiger partial charge in [0.1, 0.15) is 11.8 Å². The van der Waals surface area contributed by atoms with E-state index >= 15 is 4.79 Å². The van der Waals surface area contributed by atoms with Gasteiger partial charge in [-0.25, -0.2) is 0 Å². The normalized spacial score (nSPS) is 23.6. The highest BCUT2D eigenvalue weighted by atomic mass is 16.5. The van der Waals surface area contributed by atoms with Crippen molar-refractivity contribution in [3.05, 3.63) is 52.1 Å². The second-order valence-corrected chi connectivity index (χ2v) is 26.9. The van der Waals surface area contributed by atoms with Crippen LogP contribution in [0.1, 0.15) is 40.8 Å². The van der Waals surface area contributed by atoms with Crippen LogP contribution >= 0.6 is 0 Å². The first-order valence-electron chi connectivity index (χ1n) is 28.1. The maximum Gasteiger partial charge on any atom is 0.324 e. The summed E-state index contributed by atoms with van der Waals surface area (Å²) in [5, 5.41) is 89.0. The highest BCUT2D eigenvalue weighted by molar-refractivity contribution is 6.82. The number of carbonyl (C=O) groups is 1. The van der Waals surface area contributed by atoms with Crippen LogP contribution in [0.3, 0.4) is 0 Å². The molecule has 0 radical (unpaired) electrons. The van der Waals surface area contributed by atoms with E-state index in [9.17, 15) is 0 Å². The lowest BCUT2D eigenvalue weighted by molar-refractivity contribution is -0.146. The molecule has 0 aromatic heterocycles. The molecule has 2 atom stereocenters. The van der Waals surface area contributed by atoms with Crippen molar-refractivity contribution in [3.63, 3.8) is 0 Å². The van der Waals surface area contributed by atoms with E-state index in [2.05, 4.69) is 29.6 Å². The van der Waals surface area contributed by atoms with Crippen LogP contribution in [0.15, 0.2) is 24.3 Å². The number of hydrogen-bond acceptors (Lipinski definition) is 4. The fourth-order valence-electron chi connectivity index (χ4n) is 26.4. The molecule has 0 amide bonds. The molecule has 76 heavy (non-hydrogen) atoms. The fraction of sp³-hybridized carbons (Fsp3) is 0.0972. The Bertz CT molecular complexity index is 7430. The summed E-state index contributed by atoms with van der Waals surface area (Å²) in [4.78, 5) is 16.4. The second-order valence-electron chi connectivity index (χ2n) is 26.9. The van der Waals surface area contributed by atoms with Gasteiger partial charge >= 0.3 is 5.97 Å². The van der Waals surface area contributed by atoms with Crippen molar-refractivity contribution in [2.45, 2.75) is 29.8 Å². The Morgan fingerprint density at radius 3 is 0.763 bits per heavy atom. The van der Waals surface area contributed by atoms with E-state index in [1.165, 1.54) is 81.3 Å². The number of hydrogen-bond donors (Lipinski definition) is 1. The minimum absolute atomic E-state index is 0.101. The molecular formula is C72H15NO3. The lowest BCUT2D eigenvalue weighted by atomic mass is 9.46. The topological polar surface area (TPSA) is 47.6 Å². The molecule has 29 aromatic rings. The molecule has 1 saturated heterocycles. The largest absolute Gasteiger partial charge is 0.497 e. The quantitative estimate of drug-likeness (QED) is 0.141. The molecule has 1 aliphatic heterocycles. The first kappa shape index (κ1) is 29.7. The Morgan fingerprint density at radius 2 is 0.553 bits per heavy atom. The zero-order chi connectivity index (χ0) is 46.0. The van der Waals surface area contributed by atoms with Gasteiger partial charge in [-0.15, -0.1) is 0 Å². The van der Waals surface area contributed by atoms with Crippen LogP contribution in [0.4, 0.5) is 0 Å². The summed E-state index contributed by atoms with van der Waals surface area (Å²) in [7, 11) is 1.79. The SMILES string of the molecule is CCOC(=O)[C@H]1N[C@@H](c2ccc(OC)cc2)C23c4c5c6c7c8c9c(c%10c%11c2c2c4c4c%12c5c5c6c6c8c8c%13c9c9c%10c%10c%11c%11c2c2c4c4c%12c%12c5c5c6c8c6c8c%13c9c9c%10c%10c%11c2c2c4c4c%12c5c6c5c8c9c%10c2c45)C713. The average molecular weight is 942 g/mol. The summed E-state index contributed by atoms with van der Waals surface area (Å²) in [6, 6.07) is 8.18. The van der Waals surface area contributed by atoms with E-state index in [0.29, 0.717) is 6.61 Å². The average Bonchev–Trinajstić information content (AvgIpc) is 1.56. The molecule has 326 valence electrons. The lowest BCUT2D eigenvalue weighted by Crippen LogP contribution is -2.57. The van der Waals surface area contributed by atoms with Crippen LogP contribution in [-0.4, -0.2) is 25.7 Å². The van der Waals surface area contributed by atoms with Gasteiger partial charge in [-0.1, -0.05) is 12.1 Å². The van der Waals surface area contributed by atoms with E-state index in [4.69, 9.17) is 9.47 Å². The smallest absolute Gasteiger partial charge is 0.324 e. The van der Waals surface area contributed by atoms with E-state index < -0.39 is 16.9 Å². The van der Waals surface area contributed by atoms with Gasteiger partial charge in [-0.05, 0) is 338 Å². The molecule has 29 aromatic carbocycles. The molecule has 0 unspecified atom stereocenters. The third-order valence-electron chi connectivity index (χ3n) is 26.6. The predicted molar refractivity (Wildman–Crippen MR) is 313 cm³/mol. The van der Waals surface area contributed by atoms with E-state index in [0.717, 1.165) is 5.75 Å². The summed E-state index contributed by atoms with van der Waals surface area (Å²) < 4.78 is 12.6. The van der Waals surface area contributed by atoms with Crippen molar-refractivity contribution in [2.75, 3.05) is 13.7 Å². The number of rotatable bonds is 4. The minimum atomic E-state index is -0.810. The second kappa shape index (κ2) is 6.95. The summed E-state index contributed by atoms with van der Waals surface area (Å²) in [5.41, 5.74) is 5.77. The molecule has 0 bridgehead atoms. The van der Waals surface area contributed by atoms with Gasteiger partial charge in [-0.3, -0.25) is 10.1 Å². The number of nitrogens with one attached hydrogen (secondary N) is 1. The Morgan fingerprint density at radius 1 is 0.342 bits per heavy atom. The van der Waals surface area contributed by atoms with Crippen LogP contribution in [0.2, 0.25) is 0 Å². The van der Waals surface area contributed by atoms with Crippen molar-refractivity contribution < 1.29 is 14.3 Å². The number of carbonyl (C=O) groups excluding carboxylic acids is 1. The van der Waals surface area contributed by atoms with Gasteiger partial charge in [0.15, 0.2) is 0 Å². The summed E-state index contributed by atoms with van der Waals surface area (Å²) in [5.74, 6) is 0.757. The fourth-order valence-corrected chi connectivity index (χ4v) is 26.4. The van der Waals surface area contributed by atoms with Crippen molar-refractivity contribution >= 4 is 297 Å². The van der Waals surface area contributed by atoms with E-state index in [1.54, 1.807) is 244 Å². The molecule has 34 rings (SSSR count). The molecule has 1 fully saturated rings. The van der Waals surface area contributed by atoms with Gasteiger partial charge in [-0.2, -0.15) is 0 Å². The van der Waals surface area contributed by atoms with Crippen LogP contribution < -0.4 is 10.1 Å². The molecule has 4 heteroatoms. The monoisotopic (exact) mass is 941 g/mol. The number of ether oxygens (including phenoxy) is 2.